The van der Waals surface area contributed by atoms with Gasteiger partial charge in [-0.25, -0.2) is 9.53 Å². The van der Waals surface area contributed by atoms with E-state index in [9.17, 15) is 9.59 Å². The smallest absolute Gasteiger partial charge is 0.335 e. The molecule has 1 aromatic carbocycles. The lowest BCUT2D eigenvalue weighted by Gasteiger charge is -2.05. The highest BCUT2D eigenvalue weighted by atomic mass is 16.6. The first kappa shape index (κ1) is 7.03. The van der Waals surface area contributed by atoms with Gasteiger partial charge in [0.2, 0.25) is 0 Å². The Hall–Kier alpha value is -1.64. The van der Waals surface area contributed by atoms with E-state index in [1.807, 2.05) is 6.07 Å². The maximum atomic E-state index is 10.8. The van der Waals surface area contributed by atoms with Gasteiger partial charge < -0.3 is 4.79 Å². The van der Waals surface area contributed by atoms with Crippen LogP contribution in [0.4, 0.5) is 0 Å². The molecule has 1 N–H and O–H groups in total. The molecule has 0 bridgehead atoms. The number of esters is 2. The first-order valence-corrected chi connectivity index (χ1v) is 3.62. The van der Waals surface area contributed by atoms with Gasteiger partial charge in [0.25, 0.3) is 0 Å². The van der Waals surface area contributed by atoms with E-state index < -0.39 is 5.97 Å². The van der Waals surface area contributed by atoms with Crippen LogP contribution < -0.4 is 0 Å². The minimum absolute atomic E-state index is 0.236. The molecule has 2 rings (SSSR count). The lowest BCUT2D eigenvalue weighted by molar-refractivity contribution is -0.135. The fourth-order valence-electron chi connectivity index (χ4n) is 1.24. The highest BCUT2D eigenvalue weighted by molar-refractivity contribution is 6.02. The maximum absolute atomic E-state index is 10.8. The third-order valence-electron chi connectivity index (χ3n) is 1.79. The summed E-state index contributed by atoms with van der Waals surface area (Å²) in [5.41, 5.74) is 1.42. The Labute approximate surface area is 69.0 Å². The molecule has 0 fully saturated rings. The second-order valence-corrected chi connectivity index (χ2v) is 2.61. The Bertz CT molecular complexity index is 355. The number of carbonyl (C=O) groups excluding carboxylic acids is 2. The molecule has 0 atom stereocenters. The van der Waals surface area contributed by atoms with Crippen LogP contribution in [0.3, 0.4) is 0 Å². The van der Waals surface area contributed by atoms with Gasteiger partial charge in [0, 0.05) is 0 Å². The molecule has 0 saturated carbocycles. The summed E-state index contributed by atoms with van der Waals surface area (Å²) in [6.45, 7) is 0. The first-order chi connectivity index (χ1) is 5.77. The lowest BCUT2D eigenvalue weighted by Crippen LogP contribution is -2.23. The normalized spacial score (nSPS) is 15.3. The minimum Gasteiger partial charge on any atom is -0.335 e. The zero-order valence-corrected chi connectivity index (χ0v) is 6.28. The molecule has 0 amide bonds. The summed E-state index contributed by atoms with van der Waals surface area (Å²) in [4.78, 5) is 20.0. The van der Waals surface area contributed by atoms with E-state index in [0.717, 1.165) is 5.56 Å². The monoisotopic (exact) mass is 163 g/mol. The molecule has 1 aliphatic heterocycles. The van der Waals surface area contributed by atoms with Crippen LogP contribution in [0, 0.1) is 0 Å². The van der Waals surface area contributed by atoms with Crippen molar-refractivity contribution in [1.82, 2.24) is 0 Å². The molecular formula is C9H7O3+. The zero-order valence-electron chi connectivity index (χ0n) is 6.28. The Balaban J connectivity index is 2.54. The molecule has 0 spiro atoms. The van der Waals surface area contributed by atoms with Crippen LogP contribution in [0.15, 0.2) is 24.3 Å². The van der Waals surface area contributed by atoms with Crippen molar-refractivity contribution < 1.29 is 14.3 Å². The topological polar surface area (TPSA) is 47.7 Å². The third kappa shape index (κ3) is 0.993. The summed E-state index contributed by atoms with van der Waals surface area (Å²) in [5, 5.41) is 0. The van der Waals surface area contributed by atoms with Crippen LogP contribution in [0.1, 0.15) is 11.1 Å². The van der Waals surface area contributed by atoms with Crippen LogP contribution in [0.5, 0.6) is 0 Å². The quantitative estimate of drug-likeness (QED) is 0.320. The molecule has 1 aliphatic rings. The average Bonchev–Trinajstić information content (AvgIpc) is 2.04. The molecule has 0 unspecified atom stereocenters. The first-order valence-electron chi connectivity index (χ1n) is 3.62. The lowest BCUT2D eigenvalue weighted by atomic mass is 10.0. The molecule has 60 valence electrons. The number of hydrogen-bond acceptors (Lipinski definition) is 2. The maximum Gasteiger partial charge on any atom is 0.526 e. The van der Waals surface area contributed by atoms with Crippen LogP contribution in [0.25, 0.3) is 0 Å². The van der Waals surface area contributed by atoms with Crippen LogP contribution in [-0.2, 0) is 16.0 Å². The van der Waals surface area contributed by atoms with Crippen LogP contribution in [-0.4, -0.2) is 16.7 Å². The van der Waals surface area contributed by atoms with Gasteiger partial charge >= 0.3 is 11.9 Å². The van der Waals surface area contributed by atoms with Crippen molar-refractivity contribution in [2.45, 2.75) is 6.42 Å². The Morgan fingerprint density at radius 3 is 2.92 bits per heavy atom. The highest BCUT2D eigenvalue weighted by Crippen LogP contribution is 2.15. The summed E-state index contributed by atoms with van der Waals surface area (Å²) in [6, 6.07) is 7.13. The molecular weight excluding hydrogens is 156 g/mol. The second kappa shape index (κ2) is 2.44. The highest BCUT2D eigenvalue weighted by Gasteiger charge is 2.32. The van der Waals surface area contributed by atoms with Gasteiger partial charge in [-0.3, -0.25) is 0 Å². The van der Waals surface area contributed by atoms with E-state index in [1.54, 1.807) is 18.2 Å². The molecule has 0 aliphatic carbocycles. The van der Waals surface area contributed by atoms with Crippen molar-refractivity contribution in [3.63, 3.8) is 0 Å². The number of ether oxygens (including phenoxy) is 1. The summed E-state index contributed by atoms with van der Waals surface area (Å²) >= 11 is 0. The van der Waals surface area contributed by atoms with Crippen molar-refractivity contribution in [2.24, 2.45) is 0 Å². The molecule has 0 radical (unpaired) electrons. The second-order valence-electron chi connectivity index (χ2n) is 2.61. The number of hydrogen-bond donors (Lipinski definition) is 0. The fraction of sp³-hybridized carbons (Fsp3) is 0.111. The van der Waals surface area contributed by atoms with Crippen molar-refractivity contribution in [2.75, 3.05) is 0 Å². The predicted octanol–water partition coefficient (Wildman–Crippen LogP) is 0.636. The van der Waals surface area contributed by atoms with Crippen molar-refractivity contribution >= 4 is 11.9 Å². The molecule has 1 aromatic rings. The van der Waals surface area contributed by atoms with Gasteiger partial charge in [0.15, 0.2) is 0 Å². The van der Waals surface area contributed by atoms with Crippen LogP contribution in [0.2, 0.25) is 0 Å². The molecule has 1 heterocycles. The molecule has 12 heavy (non-hydrogen) atoms. The Kier molecular flexibility index (Phi) is 1.43. The van der Waals surface area contributed by atoms with Gasteiger partial charge in [-0.1, -0.05) is 18.2 Å². The van der Waals surface area contributed by atoms with Gasteiger partial charge in [0.05, 0.1) is 0 Å². The molecule has 0 saturated heterocycles. The number of cyclic esters (lactones) is 2. The van der Waals surface area contributed by atoms with Gasteiger partial charge in [0.1, 0.15) is 12.0 Å². The summed E-state index contributed by atoms with van der Waals surface area (Å²) < 4.78 is 4.55. The third-order valence-corrected chi connectivity index (χ3v) is 1.79. The average molecular weight is 163 g/mol. The van der Waals surface area contributed by atoms with Gasteiger partial charge in [-0.15, -0.1) is 0 Å². The number of benzene rings is 1. The molecule has 3 heteroatoms. The Morgan fingerprint density at radius 2 is 2.08 bits per heavy atom. The predicted molar refractivity (Wildman–Crippen MR) is 42.3 cm³/mol. The SMILES string of the molecule is O=C1Cc2ccccc2C(=[OH+])O1. The van der Waals surface area contributed by atoms with Crippen molar-refractivity contribution in [1.29, 1.82) is 0 Å². The van der Waals surface area contributed by atoms with E-state index in [0.29, 0.717) is 5.56 Å². The molecule has 0 aromatic heterocycles. The summed E-state index contributed by atoms with van der Waals surface area (Å²) in [7, 11) is 0. The fourth-order valence-corrected chi connectivity index (χ4v) is 1.24. The van der Waals surface area contributed by atoms with E-state index in [-0.39, 0.29) is 12.4 Å². The van der Waals surface area contributed by atoms with E-state index in [4.69, 9.17) is 0 Å². The van der Waals surface area contributed by atoms with Gasteiger partial charge in [-0.2, -0.15) is 0 Å². The van der Waals surface area contributed by atoms with Crippen LogP contribution >= 0.6 is 0 Å². The number of carbonyl (C=O) groups is 1. The van der Waals surface area contributed by atoms with Crippen molar-refractivity contribution in [3.8, 4) is 0 Å². The van der Waals surface area contributed by atoms with E-state index in [2.05, 4.69) is 4.74 Å². The van der Waals surface area contributed by atoms with E-state index >= 15 is 0 Å². The zero-order chi connectivity index (χ0) is 8.55. The largest absolute Gasteiger partial charge is 0.526 e. The summed E-state index contributed by atoms with van der Waals surface area (Å²) in [6.07, 6.45) is 0.236. The van der Waals surface area contributed by atoms with E-state index in [1.165, 1.54) is 0 Å². The standard InChI is InChI=1S/C9H6O3/c10-8-5-6-3-1-2-4-7(6)9(11)12-8/h1-4H,5H2/p+1. The summed E-state index contributed by atoms with van der Waals surface area (Å²) in [5.74, 6) is -0.701. The van der Waals surface area contributed by atoms with Gasteiger partial charge in [-0.05, 0) is 11.6 Å². The molecule has 3 nitrogen and oxygen atoms in total. The Morgan fingerprint density at radius 1 is 1.33 bits per heavy atom. The number of rotatable bonds is 0. The minimum atomic E-state index is -0.411. The van der Waals surface area contributed by atoms with Crippen molar-refractivity contribution in [3.05, 3.63) is 35.4 Å². The number of fused-ring (bicyclic) bond motifs is 1.